The van der Waals surface area contributed by atoms with Crippen molar-refractivity contribution in [2.24, 2.45) is 0 Å². The highest BCUT2D eigenvalue weighted by molar-refractivity contribution is 7.98. The molecule has 0 atom stereocenters. The SMILES string of the molecule is CSc1nnc(CCCNC(=O)c2cc(C(C)=O)c[nH]2)n1C1CCCC1. The third kappa shape index (κ3) is 4.17. The first-order valence-electron chi connectivity index (χ1n) is 9.05. The molecule has 1 aliphatic rings. The number of thioether (sulfide) groups is 1. The molecule has 1 fully saturated rings. The molecule has 2 N–H and O–H groups in total. The van der Waals surface area contributed by atoms with Gasteiger partial charge in [-0.1, -0.05) is 24.6 Å². The second kappa shape index (κ2) is 8.53. The van der Waals surface area contributed by atoms with E-state index in [2.05, 4.69) is 25.1 Å². The van der Waals surface area contributed by atoms with Crippen molar-refractivity contribution in [1.29, 1.82) is 0 Å². The highest BCUT2D eigenvalue weighted by Gasteiger charge is 2.23. The summed E-state index contributed by atoms with van der Waals surface area (Å²) in [5, 5.41) is 12.5. The first kappa shape index (κ1) is 18.7. The molecule has 26 heavy (non-hydrogen) atoms. The molecule has 1 aliphatic carbocycles. The Kier molecular flexibility index (Phi) is 6.13. The van der Waals surface area contributed by atoms with E-state index in [9.17, 15) is 9.59 Å². The number of rotatable bonds is 8. The van der Waals surface area contributed by atoms with E-state index < -0.39 is 0 Å². The van der Waals surface area contributed by atoms with Gasteiger partial charge in [0.1, 0.15) is 11.5 Å². The van der Waals surface area contributed by atoms with Gasteiger partial charge in [0.15, 0.2) is 10.9 Å². The molecule has 8 heteroatoms. The van der Waals surface area contributed by atoms with Gasteiger partial charge in [0.05, 0.1) is 0 Å². The summed E-state index contributed by atoms with van der Waals surface area (Å²) < 4.78 is 2.30. The Morgan fingerprint density at radius 1 is 1.35 bits per heavy atom. The first-order valence-corrected chi connectivity index (χ1v) is 10.3. The van der Waals surface area contributed by atoms with Crippen molar-refractivity contribution in [3.05, 3.63) is 29.3 Å². The van der Waals surface area contributed by atoms with E-state index in [1.165, 1.54) is 32.6 Å². The van der Waals surface area contributed by atoms with Gasteiger partial charge in [-0.05, 0) is 38.5 Å². The zero-order valence-electron chi connectivity index (χ0n) is 15.2. The summed E-state index contributed by atoms with van der Waals surface area (Å²) in [7, 11) is 0. The normalized spacial score (nSPS) is 14.7. The van der Waals surface area contributed by atoms with Crippen LogP contribution in [0.5, 0.6) is 0 Å². The predicted octanol–water partition coefficient (Wildman–Crippen LogP) is 3.01. The van der Waals surface area contributed by atoms with Crippen LogP contribution in [0.1, 0.15) is 71.7 Å². The topological polar surface area (TPSA) is 92.7 Å². The summed E-state index contributed by atoms with van der Waals surface area (Å²) in [6.45, 7) is 2.04. The van der Waals surface area contributed by atoms with Crippen LogP contribution in [0.4, 0.5) is 0 Å². The number of nitrogens with zero attached hydrogens (tertiary/aromatic N) is 3. The van der Waals surface area contributed by atoms with Crippen molar-refractivity contribution >= 4 is 23.5 Å². The average Bonchev–Trinajstić information content (AvgIpc) is 3.38. The lowest BCUT2D eigenvalue weighted by atomic mass is 10.2. The molecule has 2 aromatic rings. The van der Waals surface area contributed by atoms with Crippen LogP contribution in [-0.4, -0.2) is 44.2 Å². The second-order valence-corrected chi connectivity index (χ2v) is 7.40. The van der Waals surface area contributed by atoms with Crippen LogP contribution >= 0.6 is 11.8 Å². The number of amides is 1. The summed E-state index contributed by atoms with van der Waals surface area (Å²) in [4.78, 5) is 26.3. The molecule has 1 saturated carbocycles. The lowest BCUT2D eigenvalue weighted by molar-refractivity contribution is 0.0948. The zero-order valence-corrected chi connectivity index (χ0v) is 16.1. The highest BCUT2D eigenvalue weighted by Crippen LogP contribution is 2.33. The summed E-state index contributed by atoms with van der Waals surface area (Å²) in [6, 6.07) is 2.10. The standard InChI is InChI=1S/C18H25N5O2S/c1-12(24)13-10-15(20-11-13)17(25)19-9-5-8-16-21-22-18(26-2)23(16)14-6-3-4-7-14/h10-11,14,20H,3-9H2,1-2H3,(H,19,25). The van der Waals surface area contributed by atoms with E-state index in [4.69, 9.17) is 0 Å². The minimum Gasteiger partial charge on any atom is -0.356 e. The number of aromatic amines is 1. The van der Waals surface area contributed by atoms with Crippen molar-refractivity contribution in [1.82, 2.24) is 25.1 Å². The summed E-state index contributed by atoms with van der Waals surface area (Å²) in [5.74, 6) is 0.755. The van der Waals surface area contributed by atoms with Crippen LogP contribution in [0.25, 0.3) is 0 Å². The first-order chi connectivity index (χ1) is 12.6. The van der Waals surface area contributed by atoms with Gasteiger partial charge in [0, 0.05) is 30.8 Å². The predicted molar refractivity (Wildman–Crippen MR) is 101 cm³/mol. The highest BCUT2D eigenvalue weighted by atomic mass is 32.2. The number of nitrogens with one attached hydrogen (secondary N) is 2. The fourth-order valence-electron chi connectivity index (χ4n) is 3.42. The summed E-state index contributed by atoms with van der Waals surface area (Å²) in [5.41, 5.74) is 0.929. The van der Waals surface area contributed by atoms with Crippen LogP contribution in [0, 0.1) is 0 Å². The lowest BCUT2D eigenvalue weighted by Crippen LogP contribution is -2.25. The van der Waals surface area contributed by atoms with Crippen molar-refractivity contribution in [3.63, 3.8) is 0 Å². The van der Waals surface area contributed by atoms with E-state index in [-0.39, 0.29) is 11.7 Å². The average molecular weight is 375 g/mol. The number of H-pyrrole nitrogens is 1. The van der Waals surface area contributed by atoms with Gasteiger partial charge in [-0.25, -0.2) is 0 Å². The number of hydrogen-bond donors (Lipinski definition) is 2. The van der Waals surface area contributed by atoms with Crippen molar-refractivity contribution < 1.29 is 9.59 Å². The number of ketones is 1. The van der Waals surface area contributed by atoms with E-state index in [0.29, 0.717) is 23.8 Å². The fourth-order valence-corrected chi connectivity index (χ4v) is 3.99. The molecule has 3 rings (SSSR count). The largest absolute Gasteiger partial charge is 0.356 e. The van der Waals surface area contributed by atoms with Crippen LogP contribution in [0.15, 0.2) is 17.4 Å². The van der Waals surface area contributed by atoms with E-state index in [1.54, 1.807) is 24.0 Å². The molecule has 2 heterocycles. The van der Waals surface area contributed by atoms with Gasteiger partial charge < -0.3 is 14.9 Å². The molecular weight excluding hydrogens is 350 g/mol. The Bertz CT molecular complexity index is 776. The zero-order chi connectivity index (χ0) is 18.5. The van der Waals surface area contributed by atoms with Crippen LogP contribution in [0.2, 0.25) is 0 Å². The van der Waals surface area contributed by atoms with Crippen molar-refractivity contribution in [2.45, 2.75) is 56.6 Å². The Hall–Kier alpha value is -2.09. The van der Waals surface area contributed by atoms with E-state index >= 15 is 0 Å². The van der Waals surface area contributed by atoms with Crippen molar-refractivity contribution in [3.8, 4) is 0 Å². The monoisotopic (exact) mass is 375 g/mol. The Labute approximate surface area is 157 Å². The van der Waals surface area contributed by atoms with Crippen LogP contribution in [0.3, 0.4) is 0 Å². The molecule has 0 aliphatic heterocycles. The van der Waals surface area contributed by atoms with Gasteiger partial charge in [0.25, 0.3) is 5.91 Å². The molecule has 2 aromatic heterocycles. The smallest absolute Gasteiger partial charge is 0.267 e. The van der Waals surface area contributed by atoms with Crippen molar-refractivity contribution in [2.75, 3.05) is 12.8 Å². The molecule has 0 unspecified atom stereocenters. The molecular formula is C18H25N5O2S. The summed E-state index contributed by atoms with van der Waals surface area (Å²) >= 11 is 1.64. The number of carbonyl (C=O) groups excluding carboxylic acids is 2. The number of hydrogen-bond acceptors (Lipinski definition) is 5. The van der Waals surface area contributed by atoms with Gasteiger partial charge in [-0.15, -0.1) is 10.2 Å². The lowest BCUT2D eigenvalue weighted by Gasteiger charge is -2.16. The molecule has 0 bridgehead atoms. The van der Waals surface area contributed by atoms with Crippen LogP contribution in [-0.2, 0) is 6.42 Å². The Morgan fingerprint density at radius 3 is 2.77 bits per heavy atom. The number of aryl methyl sites for hydroxylation is 1. The number of carbonyl (C=O) groups is 2. The Balaban J connectivity index is 1.52. The van der Waals surface area contributed by atoms with Gasteiger partial charge in [0.2, 0.25) is 0 Å². The number of Topliss-reactive ketones (excluding diaryl/α,β-unsaturated/α-hetero) is 1. The van der Waals surface area contributed by atoms with Gasteiger partial charge in [-0.2, -0.15) is 0 Å². The molecule has 0 aromatic carbocycles. The maximum Gasteiger partial charge on any atom is 0.267 e. The molecule has 140 valence electrons. The van der Waals surface area contributed by atoms with E-state index in [0.717, 1.165) is 23.8 Å². The minimum absolute atomic E-state index is 0.0591. The van der Waals surface area contributed by atoms with Crippen LogP contribution < -0.4 is 5.32 Å². The molecule has 0 radical (unpaired) electrons. The fraction of sp³-hybridized carbons (Fsp3) is 0.556. The summed E-state index contributed by atoms with van der Waals surface area (Å²) in [6.07, 6.45) is 10.1. The maximum absolute atomic E-state index is 12.1. The second-order valence-electron chi connectivity index (χ2n) is 6.63. The van der Waals surface area contributed by atoms with Gasteiger partial charge in [-0.3, -0.25) is 9.59 Å². The Morgan fingerprint density at radius 2 is 2.12 bits per heavy atom. The third-order valence-corrected chi connectivity index (χ3v) is 5.45. The van der Waals surface area contributed by atoms with Gasteiger partial charge >= 0.3 is 0 Å². The minimum atomic E-state index is -0.195. The molecule has 0 saturated heterocycles. The number of aromatic nitrogens is 4. The molecule has 0 spiro atoms. The third-order valence-electron chi connectivity index (χ3n) is 4.80. The molecule has 1 amide bonds. The molecule has 7 nitrogen and oxygen atoms in total. The maximum atomic E-state index is 12.1. The van der Waals surface area contributed by atoms with E-state index in [1.807, 2.05) is 6.26 Å². The quantitative estimate of drug-likeness (QED) is 0.420.